The van der Waals surface area contributed by atoms with Crippen molar-refractivity contribution in [3.63, 3.8) is 0 Å². The Morgan fingerprint density at radius 2 is 2.24 bits per heavy atom. The largest absolute Gasteiger partial charge is 0.444 e. The molecule has 0 saturated carbocycles. The van der Waals surface area contributed by atoms with Gasteiger partial charge in [-0.05, 0) is 44.9 Å². The Balaban J connectivity index is 1.76. The van der Waals surface area contributed by atoms with Crippen molar-refractivity contribution in [1.29, 1.82) is 0 Å². The molecule has 0 aliphatic carbocycles. The number of benzene rings is 1. The molecular weight excluding hydrogens is 268 g/mol. The normalized spacial score (nSPS) is 12.0. The zero-order valence-electron chi connectivity index (χ0n) is 12.6. The van der Waals surface area contributed by atoms with Crippen LogP contribution in [0.4, 0.5) is 4.79 Å². The first-order chi connectivity index (χ1) is 9.94. The van der Waals surface area contributed by atoms with Gasteiger partial charge in [0.15, 0.2) is 12.0 Å². The van der Waals surface area contributed by atoms with Crippen molar-refractivity contribution < 1.29 is 13.9 Å². The number of nitrogens with one attached hydrogen (secondary N) is 1. The van der Waals surface area contributed by atoms with Gasteiger partial charge in [0, 0.05) is 6.54 Å². The molecular formula is C16H20N2O3. The quantitative estimate of drug-likeness (QED) is 0.870. The van der Waals surface area contributed by atoms with Gasteiger partial charge in [-0.1, -0.05) is 18.2 Å². The number of carbonyl (C=O) groups excluding carboxylic acids is 1. The highest BCUT2D eigenvalue weighted by molar-refractivity contribution is 5.75. The summed E-state index contributed by atoms with van der Waals surface area (Å²) in [6.45, 7) is 6.06. The average molecular weight is 288 g/mol. The van der Waals surface area contributed by atoms with Gasteiger partial charge in [-0.15, -0.1) is 0 Å². The topological polar surface area (TPSA) is 64.4 Å². The maximum atomic E-state index is 11.4. The van der Waals surface area contributed by atoms with Crippen molar-refractivity contribution in [3.8, 4) is 0 Å². The third-order valence-corrected chi connectivity index (χ3v) is 2.64. The molecule has 5 heteroatoms. The van der Waals surface area contributed by atoms with Gasteiger partial charge in [0.05, 0.1) is 0 Å². The van der Waals surface area contributed by atoms with Crippen molar-refractivity contribution in [2.24, 2.45) is 0 Å². The molecule has 2 rings (SSSR count). The van der Waals surface area contributed by atoms with Crippen LogP contribution in [0.2, 0.25) is 0 Å². The highest BCUT2D eigenvalue weighted by atomic mass is 16.6. The number of aromatic nitrogens is 1. The molecule has 1 aromatic carbocycles. The fraction of sp³-hybridized carbons (Fsp3) is 0.375. The smallest absolute Gasteiger partial charge is 0.407 e. The van der Waals surface area contributed by atoms with E-state index >= 15 is 0 Å². The summed E-state index contributed by atoms with van der Waals surface area (Å²) in [5.41, 5.74) is 2.20. The second-order valence-electron chi connectivity index (χ2n) is 5.70. The van der Waals surface area contributed by atoms with E-state index in [4.69, 9.17) is 9.15 Å². The van der Waals surface area contributed by atoms with Crippen LogP contribution >= 0.6 is 0 Å². The number of oxazole rings is 1. The van der Waals surface area contributed by atoms with E-state index in [1.807, 2.05) is 51.1 Å². The Morgan fingerprint density at radius 1 is 1.43 bits per heavy atom. The van der Waals surface area contributed by atoms with Crippen molar-refractivity contribution in [3.05, 3.63) is 36.2 Å². The summed E-state index contributed by atoms with van der Waals surface area (Å²) in [6, 6.07) is 5.81. The van der Waals surface area contributed by atoms with E-state index < -0.39 is 5.60 Å². The number of hydrogen-bond donors (Lipinski definition) is 1. The molecule has 5 nitrogen and oxygen atoms in total. The lowest BCUT2D eigenvalue weighted by atomic mass is 10.2. The fourth-order valence-electron chi connectivity index (χ4n) is 1.77. The number of rotatable bonds is 4. The van der Waals surface area contributed by atoms with Crippen molar-refractivity contribution in [2.45, 2.75) is 32.8 Å². The molecule has 2 aromatic rings. The number of carbonyl (C=O) groups is 1. The molecule has 0 bridgehead atoms. The predicted octanol–water partition coefficient (Wildman–Crippen LogP) is 3.76. The maximum absolute atomic E-state index is 11.4. The van der Waals surface area contributed by atoms with E-state index in [1.54, 1.807) is 0 Å². The van der Waals surface area contributed by atoms with Crippen molar-refractivity contribution in [2.75, 3.05) is 6.54 Å². The van der Waals surface area contributed by atoms with Crippen LogP contribution in [-0.2, 0) is 4.74 Å². The molecule has 0 fully saturated rings. The molecule has 1 N–H and O–H groups in total. The van der Waals surface area contributed by atoms with Gasteiger partial charge in [-0.3, -0.25) is 0 Å². The summed E-state index contributed by atoms with van der Waals surface area (Å²) in [7, 11) is 0. The van der Waals surface area contributed by atoms with E-state index in [0.29, 0.717) is 6.54 Å². The van der Waals surface area contributed by atoms with Crippen LogP contribution in [0.5, 0.6) is 0 Å². The Hall–Kier alpha value is -2.30. The van der Waals surface area contributed by atoms with Gasteiger partial charge in [-0.2, -0.15) is 0 Å². The monoisotopic (exact) mass is 288 g/mol. The number of fused-ring (bicyclic) bond motifs is 1. The molecule has 0 radical (unpaired) electrons. The highest BCUT2D eigenvalue weighted by Gasteiger charge is 2.15. The van der Waals surface area contributed by atoms with Crippen LogP contribution < -0.4 is 5.32 Å². The second-order valence-corrected chi connectivity index (χ2v) is 5.70. The SMILES string of the molecule is CC(C)(C)OC(=O)NCCC=Cc1ccc2ocnc2c1. The molecule has 1 aromatic heterocycles. The van der Waals surface area contributed by atoms with Crippen molar-refractivity contribution in [1.82, 2.24) is 10.3 Å². The molecule has 0 spiro atoms. The Kier molecular flexibility index (Phi) is 4.62. The molecule has 0 unspecified atom stereocenters. The molecule has 0 atom stereocenters. The molecule has 0 saturated heterocycles. The molecule has 1 amide bonds. The van der Waals surface area contributed by atoms with E-state index in [2.05, 4.69) is 10.3 Å². The lowest BCUT2D eigenvalue weighted by molar-refractivity contribution is 0.0529. The molecule has 0 aliphatic heterocycles. The van der Waals surface area contributed by atoms with Gasteiger partial charge in [0.25, 0.3) is 0 Å². The Labute approximate surface area is 124 Å². The lowest BCUT2D eigenvalue weighted by Crippen LogP contribution is -2.32. The third-order valence-electron chi connectivity index (χ3n) is 2.64. The standard InChI is InChI=1S/C16H20N2O3/c1-16(2,3)21-15(19)17-9-5-4-6-12-7-8-14-13(10-12)18-11-20-14/h4,6-8,10-11H,5,9H2,1-3H3,(H,17,19). The molecule has 112 valence electrons. The van der Waals surface area contributed by atoms with E-state index in [0.717, 1.165) is 23.1 Å². The first-order valence-electron chi connectivity index (χ1n) is 6.91. The van der Waals surface area contributed by atoms with Gasteiger partial charge in [-0.25, -0.2) is 9.78 Å². The van der Waals surface area contributed by atoms with Gasteiger partial charge < -0.3 is 14.5 Å². The second kappa shape index (κ2) is 6.43. The maximum Gasteiger partial charge on any atom is 0.407 e. The zero-order valence-corrected chi connectivity index (χ0v) is 12.6. The minimum Gasteiger partial charge on any atom is -0.444 e. The molecule has 21 heavy (non-hydrogen) atoms. The minimum atomic E-state index is -0.465. The number of hydrogen-bond acceptors (Lipinski definition) is 4. The zero-order chi connectivity index (χ0) is 15.3. The highest BCUT2D eigenvalue weighted by Crippen LogP contribution is 2.15. The Morgan fingerprint density at radius 3 is 3.00 bits per heavy atom. The summed E-state index contributed by atoms with van der Waals surface area (Å²) < 4.78 is 10.3. The van der Waals surface area contributed by atoms with Crippen LogP contribution in [0.1, 0.15) is 32.8 Å². The average Bonchev–Trinajstić information content (AvgIpc) is 2.83. The van der Waals surface area contributed by atoms with Crippen LogP contribution in [0.15, 0.2) is 35.1 Å². The van der Waals surface area contributed by atoms with Crippen molar-refractivity contribution >= 4 is 23.3 Å². The fourth-order valence-corrected chi connectivity index (χ4v) is 1.77. The first-order valence-corrected chi connectivity index (χ1v) is 6.91. The van der Waals surface area contributed by atoms with E-state index in [-0.39, 0.29) is 6.09 Å². The Bertz CT molecular complexity index is 638. The minimum absolute atomic E-state index is 0.389. The first kappa shape index (κ1) is 15.1. The van der Waals surface area contributed by atoms with Gasteiger partial charge >= 0.3 is 6.09 Å². The van der Waals surface area contributed by atoms with E-state index in [9.17, 15) is 4.79 Å². The summed E-state index contributed by atoms with van der Waals surface area (Å²) >= 11 is 0. The number of ether oxygens (including phenoxy) is 1. The third kappa shape index (κ3) is 4.95. The molecule has 1 heterocycles. The van der Waals surface area contributed by atoms with E-state index in [1.165, 1.54) is 6.39 Å². The van der Waals surface area contributed by atoms with Gasteiger partial charge in [0.2, 0.25) is 0 Å². The summed E-state index contributed by atoms with van der Waals surface area (Å²) in [5, 5.41) is 2.71. The summed E-state index contributed by atoms with van der Waals surface area (Å²) in [5.74, 6) is 0. The van der Waals surface area contributed by atoms with Gasteiger partial charge in [0.1, 0.15) is 11.1 Å². The predicted molar refractivity (Wildman–Crippen MR) is 81.9 cm³/mol. The summed E-state index contributed by atoms with van der Waals surface area (Å²) in [4.78, 5) is 15.5. The molecule has 0 aliphatic rings. The van der Waals surface area contributed by atoms with Crippen LogP contribution in [0, 0.1) is 0 Å². The lowest BCUT2D eigenvalue weighted by Gasteiger charge is -2.19. The summed E-state index contributed by atoms with van der Waals surface area (Å²) in [6.07, 6.45) is 5.77. The van der Waals surface area contributed by atoms with Crippen LogP contribution in [-0.4, -0.2) is 23.2 Å². The van der Waals surface area contributed by atoms with Crippen LogP contribution in [0.3, 0.4) is 0 Å². The number of alkyl carbamates (subject to hydrolysis) is 1. The van der Waals surface area contributed by atoms with Crippen LogP contribution in [0.25, 0.3) is 17.2 Å². The number of amides is 1. The number of nitrogens with zero attached hydrogens (tertiary/aromatic N) is 1.